The van der Waals surface area contributed by atoms with Crippen molar-refractivity contribution in [1.29, 1.82) is 5.26 Å². The van der Waals surface area contributed by atoms with E-state index in [9.17, 15) is 18.4 Å². The number of nitrogens with zero attached hydrogens (tertiary/aromatic N) is 3. The molecule has 0 spiro atoms. The Labute approximate surface area is 222 Å². The SMILES string of the molecule is Cl.Cn1cncc1C(OCc1ccc(Cl)c(Cl)c1)c1ccc(C#N)c(-c2ccccc2C(F)(F)F)c1. The fourth-order valence-electron chi connectivity index (χ4n) is 3.79. The average Bonchev–Trinajstić information content (AvgIpc) is 3.26. The summed E-state index contributed by atoms with van der Waals surface area (Å²) in [5.41, 5.74) is 1.42. The topological polar surface area (TPSA) is 50.8 Å². The van der Waals surface area contributed by atoms with Crippen LogP contribution in [0.2, 0.25) is 10.0 Å². The molecule has 4 rings (SSSR count). The molecule has 4 aromatic rings. The molecule has 1 atom stereocenters. The fraction of sp³-hybridized carbons (Fsp3) is 0.154. The first-order valence-electron chi connectivity index (χ1n) is 10.4. The number of halogens is 6. The molecule has 10 heteroatoms. The van der Waals surface area contributed by atoms with Gasteiger partial charge in [0.2, 0.25) is 0 Å². The summed E-state index contributed by atoms with van der Waals surface area (Å²) in [6.07, 6.45) is -2.03. The van der Waals surface area contributed by atoms with E-state index in [-0.39, 0.29) is 35.7 Å². The lowest BCUT2D eigenvalue weighted by atomic mass is 9.92. The Morgan fingerprint density at radius 2 is 1.78 bits per heavy atom. The van der Waals surface area contributed by atoms with Crippen LogP contribution in [-0.2, 0) is 24.6 Å². The number of imidazole rings is 1. The summed E-state index contributed by atoms with van der Waals surface area (Å²) >= 11 is 12.1. The van der Waals surface area contributed by atoms with Crippen LogP contribution in [0.15, 0.2) is 73.2 Å². The number of nitriles is 1. The van der Waals surface area contributed by atoms with Crippen LogP contribution in [-0.4, -0.2) is 9.55 Å². The van der Waals surface area contributed by atoms with Gasteiger partial charge in [0, 0.05) is 12.6 Å². The third-order valence-corrected chi connectivity index (χ3v) is 6.25. The molecular weight excluding hydrogens is 534 g/mol. The summed E-state index contributed by atoms with van der Waals surface area (Å²) < 4.78 is 49.2. The molecule has 1 heterocycles. The largest absolute Gasteiger partial charge is 0.417 e. The highest BCUT2D eigenvalue weighted by atomic mass is 35.5. The zero-order valence-corrected chi connectivity index (χ0v) is 21.1. The van der Waals surface area contributed by atoms with Gasteiger partial charge in [-0.15, -0.1) is 12.4 Å². The lowest BCUT2D eigenvalue weighted by Gasteiger charge is -2.21. The third kappa shape index (κ3) is 5.85. The summed E-state index contributed by atoms with van der Waals surface area (Å²) in [4.78, 5) is 4.15. The van der Waals surface area contributed by atoms with E-state index in [2.05, 4.69) is 4.98 Å². The van der Waals surface area contributed by atoms with Crippen LogP contribution in [0.25, 0.3) is 11.1 Å². The summed E-state index contributed by atoms with van der Waals surface area (Å²) in [5.74, 6) is 0. The van der Waals surface area contributed by atoms with Gasteiger partial charge in [0.05, 0.1) is 52.1 Å². The van der Waals surface area contributed by atoms with Crippen molar-refractivity contribution in [2.45, 2.75) is 18.9 Å². The van der Waals surface area contributed by atoms with Crippen LogP contribution in [0.1, 0.15) is 34.1 Å². The highest BCUT2D eigenvalue weighted by Gasteiger charge is 2.34. The van der Waals surface area contributed by atoms with E-state index < -0.39 is 17.8 Å². The molecule has 186 valence electrons. The van der Waals surface area contributed by atoms with Crippen molar-refractivity contribution in [2.75, 3.05) is 0 Å². The van der Waals surface area contributed by atoms with Gasteiger partial charge in [0.25, 0.3) is 0 Å². The Morgan fingerprint density at radius 1 is 1.03 bits per heavy atom. The summed E-state index contributed by atoms with van der Waals surface area (Å²) in [6.45, 7) is 0.154. The van der Waals surface area contributed by atoms with E-state index in [4.69, 9.17) is 27.9 Å². The first kappa shape index (κ1) is 27.6. The molecule has 0 aliphatic heterocycles. The van der Waals surface area contributed by atoms with Crippen LogP contribution in [0.3, 0.4) is 0 Å². The van der Waals surface area contributed by atoms with Gasteiger partial charge >= 0.3 is 6.18 Å². The van der Waals surface area contributed by atoms with Gasteiger partial charge in [-0.25, -0.2) is 4.98 Å². The number of hydrogen-bond donors (Lipinski definition) is 0. The van der Waals surface area contributed by atoms with Crippen LogP contribution in [0.5, 0.6) is 0 Å². The molecule has 0 aliphatic carbocycles. The van der Waals surface area contributed by atoms with Crippen LogP contribution in [0.4, 0.5) is 13.2 Å². The molecule has 0 saturated carbocycles. The van der Waals surface area contributed by atoms with Gasteiger partial charge in [-0.1, -0.05) is 53.5 Å². The highest BCUT2D eigenvalue weighted by Crippen LogP contribution is 2.39. The molecule has 0 amide bonds. The quantitative estimate of drug-likeness (QED) is 0.243. The number of ether oxygens (including phenoxy) is 1. The van der Waals surface area contributed by atoms with Gasteiger partial charge < -0.3 is 9.30 Å². The second-order valence-corrected chi connectivity index (χ2v) is 8.64. The molecule has 0 radical (unpaired) electrons. The van der Waals surface area contributed by atoms with E-state index in [1.54, 1.807) is 54.5 Å². The monoisotopic (exact) mass is 551 g/mol. The van der Waals surface area contributed by atoms with Crippen LogP contribution in [0, 0.1) is 11.3 Å². The van der Waals surface area contributed by atoms with E-state index >= 15 is 0 Å². The molecule has 4 nitrogen and oxygen atoms in total. The van der Waals surface area contributed by atoms with Crippen molar-refractivity contribution >= 4 is 35.6 Å². The minimum atomic E-state index is -4.58. The van der Waals surface area contributed by atoms with Gasteiger partial charge in [0.15, 0.2) is 0 Å². The average molecular weight is 553 g/mol. The normalized spacial score (nSPS) is 12.0. The summed E-state index contributed by atoms with van der Waals surface area (Å²) in [6, 6.07) is 17.1. The molecule has 36 heavy (non-hydrogen) atoms. The van der Waals surface area contributed by atoms with Gasteiger partial charge in [-0.2, -0.15) is 18.4 Å². The summed E-state index contributed by atoms with van der Waals surface area (Å²) in [7, 11) is 1.79. The first-order valence-corrected chi connectivity index (χ1v) is 11.2. The van der Waals surface area contributed by atoms with Crippen molar-refractivity contribution in [3.8, 4) is 17.2 Å². The van der Waals surface area contributed by atoms with E-state index in [0.29, 0.717) is 21.3 Å². The lowest BCUT2D eigenvalue weighted by molar-refractivity contribution is -0.137. The number of benzene rings is 3. The van der Waals surface area contributed by atoms with Gasteiger partial charge in [-0.3, -0.25) is 0 Å². The van der Waals surface area contributed by atoms with Crippen molar-refractivity contribution in [2.24, 2.45) is 7.05 Å². The second-order valence-electron chi connectivity index (χ2n) is 7.83. The maximum Gasteiger partial charge on any atom is 0.417 e. The Kier molecular flexibility index (Phi) is 8.70. The van der Waals surface area contributed by atoms with Crippen LogP contribution >= 0.6 is 35.6 Å². The number of rotatable bonds is 6. The van der Waals surface area contributed by atoms with Crippen molar-refractivity contribution in [3.63, 3.8) is 0 Å². The van der Waals surface area contributed by atoms with Gasteiger partial charge in [-0.05, 0) is 47.0 Å². The molecule has 1 aromatic heterocycles. The second kappa shape index (κ2) is 11.4. The highest BCUT2D eigenvalue weighted by molar-refractivity contribution is 6.42. The van der Waals surface area contributed by atoms with E-state index in [1.165, 1.54) is 24.3 Å². The molecule has 0 aliphatic rings. The Hall–Kier alpha value is -3.02. The molecular formula is C26H19Cl3F3N3O. The maximum atomic E-state index is 13.7. The minimum absolute atomic E-state index is 0. The minimum Gasteiger partial charge on any atom is -0.363 e. The Balaban J connectivity index is 0.00000361. The van der Waals surface area contributed by atoms with Crippen molar-refractivity contribution in [1.82, 2.24) is 9.55 Å². The van der Waals surface area contributed by atoms with Gasteiger partial charge in [0.1, 0.15) is 6.10 Å². The zero-order chi connectivity index (χ0) is 25.2. The Bertz CT molecular complexity index is 1410. The Morgan fingerprint density at radius 3 is 2.42 bits per heavy atom. The zero-order valence-electron chi connectivity index (χ0n) is 18.8. The third-order valence-electron chi connectivity index (χ3n) is 5.51. The standard InChI is InChI=1S/C26H18Cl2F3N3O.ClH/c1-34-15-33-13-24(34)25(35-14-16-6-9-22(27)23(28)10-16)17-7-8-18(12-32)20(11-17)19-4-2-3-5-21(19)26(29,30)31;/h2-11,13,15,25H,14H2,1H3;1H. The fourth-order valence-corrected chi connectivity index (χ4v) is 4.11. The maximum absolute atomic E-state index is 13.7. The number of aromatic nitrogens is 2. The molecule has 1 unspecified atom stereocenters. The van der Waals surface area contributed by atoms with Crippen LogP contribution < -0.4 is 0 Å². The first-order chi connectivity index (χ1) is 16.7. The molecule has 0 N–H and O–H groups in total. The molecule has 0 fully saturated rings. The summed E-state index contributed by atoms with van der Waals surface area (Å²) in [5, 5.41) is 10.4. The predicted octanol–water partition coefficient (Wildman–Crippen LogP) is 8.01. The van der Waals surface area contributed by atoms with Crippen molar-refractivity contribution < 1.29 is 17.9 Å². The number of aryl methyl sites for hydroxylation is 1. The van der Waals surface area contributed by atoms with E-state index in [0.717, 1.165) is 11.6 Å². The molecule has 0 saturated heterocycles. The molecule has 3 aromatic carbocycles. The number of hydrogen-bond acceptors (Lipinski definition) is 3. The number of alkyl halides is 3. The van der Waals surface area contributed by atoms with Crippen molar-refractivity contribution in [3.05, 3.63) is 111 Å². The smallest absolute Gasteiger partial charge is 0.363 e. The van der Waals surface area contributed by atoms with E-state index in [1.807, 2.05) is 6.07 Å². The molecule has 0 bridgehead atoms. The predicted molar refractivity (Wildman–Crippen MR) is 135 cm³/mol. The lowest BCUT2D eigenvalue weighted by Crippen LogP contribution is -2.11.